The molecule has 0 atom stereocenters. The average Bonchev–Trinajstić information content (AvgIpc) is 2.18. The summed E-state index contributed by atoms with van der Waals surface area (Å²) in [6, 6.07) is 3.50. The predicted molar refractivity (Wildman–Crippen MR) is 59.7 cm³/mol. The van der Waals surface area contributed by atoms with Gasteiger partial charge in [0.1, 0.15) is 0 Å². The molecule has 0 spiro atoms. The van der Waals surface area contributed by atoms with E-state index in [2.05, 4.69) is 26.2 Å². The number of halogens is 1. The first-order valence-corrected chi connectivity index (χ1v) is 5.63. The van der Waals surface area contributed by atoms with Gasteiger partial charge in [0.05, 0.1) is 0 Å². The van der Waals surface area contributed by atoms with Crippen molar-refractivity contribution < 1.29 is 4.79 Å². The Morgan fingerprint density at radius 1 is 1.64 bits per heavy atom. The van der Waals surface area contributed by atoms with E-state index >= 15 is 0 Å². The number of nitrogens with one attached hydrogen (secondary N) is 1. The number of rotatable bonds is 4. The third-order valence-corrected chi connectivity index (χ3v) is 2.32. The minimum absolute atomic E-state index is 0.0311. The van der Waals surface area contributed by atoms with Crippen molar-refractivity contribution in [2.24, 2.45) is 0 Å². The number of nitrogens with zero attached hydrogens (tertiary/aromatic N) is 1. The Hall–Kier alpha value is -0.900. The van der Waals surface area contributed by atoms with Crippen LogP contribution >= 0.6 is 15.9 Å². The van der Waals surface area contributed by atoms with E-state index in [-0.39, 0.29) is 5.91 Å². The SMILES string of the molecule is Cc1cc(C(=O)NCCCBr)ccn1. The number of carbonyl (C=O) groups excluding carboxylic acids is 1. The highest BCUT2D eigenvalue weighted by atomic mass is 79.9. The Morgan fingerprint density at radius 2 is 2.43 bits per heavy atom. The van der Waals surface area contributed by atoms with Crippen LogP contribution in [-0.2, 0) is 0 Å². The van der Waals surface area contributed by atoms with Gasteiger partial charge >= 0.3 is 0 Å². The van der Waals surface area contributed by atoms with Crippen molar-refractivity contribution in [1.29, 1.82) is 0 Å². The lowest BCUT2D eigenvalue weighted by Crippen LogP contribution is -2.24. The van der Waals surface area contributed by atoms with Crippen LogP contribution in [0, 0.1) is 6.92 Å². The number of alkyl halides is 1. The van der Waals surface area contributed by atoms with Crippen LogP contribution in [0.4, 0.5) is 0 Å². The van der Waals surface area contributed by atoms with Crippen LogP contribution in [0.3, 0.4) is 0 Å². The van der Waals surface area contributed by atoms with E-state index in [1.165, 1.54) is 0 Å². The molecule has 1 N–H and O–H groups in total. The molecule has 0 aliphatic heterocycles. The van der Waals surface area contributed by atoms with Gasteiger partial charge in [-0.15, -0.1) is 0 Å². The first kappa shape index (κ1) is 11.2. The molecular formula is C10H13BrN2O. The summed E-state index contributed by atoms with van der Waals surface area (Å²) >= 11 is 3.31. The van der Waals surface area contributed by atoms with Gasteiger partial charge in [0.15, 0.2) is 0 Å². The summed E-state index contributed by atoms with van der Waals surface area (Å²) in [6.45, 7) is 2.57. The van der Waals surface area contributed by atoms with E-state index in [0.717, 1.165) is 17.4 Å². The summed E-state index contributed by atoms with van der Waals surface area (Å²) < 4.78 is 0. The summed E-state index contributed by atoms with van der Waals surface area (Å²) in [5.41, 5.74) is 1.53. The monoisotopic (exact) mass is 256 g/mol. The number of hydrogen-bond donors (Lipinski definition) is 1. The van der Waals surface area contributed by atoms with Gasteiger partial charge in [-0.05, 0) is 25.5 Å². The summed E-state index contributed by atoms with van der Waals surface area (Å²) in [5, 5.41) is 3.74. The summed E-state index contributed by atoms with van der Waals surface area (Å²) in [5.74, 6) is -0.0311. The van der Waals surface area contributed by atoms with Crippen LogP contribution in [0.5, 0.6) is 0 Å². The van der Waals surface area contributed by atoms with E-state index in [1.807, 2.05) is 6.92 Å². The van der Waals surface area contributed by atoms with Gasteiger partial charge < -0.3 is 5.32 Å². The van der Waals surface area contributed by atoms with Crippen LogP contribution < -0.4 is 5.32 Å². The highest BCUT2D eigenvalue weighted by molar-refractivity contribution is 9.09. The van der Waals surface area contributed by atoms with Crippen molar-refractivity contribution >= 4 is 21.8 Å². The van der Waals surface area contributed by atoms with Crippen molar-refractivity contribution in [3.05, 3.63) is 29.6 Å². The van der Waals surface area contributed by atoms with Gasteiger partial charge in [-0.3, -0.25) is 9.78 Å². The summed E-state index contributed by atoms with van der Waals surface area (Å²) in [6.07, 6.45) is 2.59. The maximum atomic E-state index is 11.5. The lowest BCUT2D eigenvalue weighted by Gasteiger charge is -2.03. The minimum atomic E-state index is -0.0311. The zero-order valence-corrected chi connectivity index (χ0v) is 9.67. The molecule has 76 valence electrons. The molecule has 1 aromatic rings. The molecule has 1 heterocycles. The van der Waals surface area contributed by atoms with Crippen LogP contribution in [0.1, 0.15) is 22.5 Å². The highest BCUT2D eigenvalue weighted by Crippen LogP contribution is 2.00. The molecular weight excluding hydrogens is 244 g/mol. The maximum absolute atomic E-state index is 11.5. The molecule has 0 unspecified atom stereocenters. The quantitative estimate of drug-likeness (QED) is 0.661. The summed E-state index contributed by atoms with van der Waals surface area (Å²) in [7, 11) is 0. The zero-order chi connectivity index (χ0) is 10.4. The van der Waals surface area contributed by atoms with Gasteiger partial charge in [-0.2, -0.15) is 0 Å². The Bertz CT molecular complexity index is 315. The normalized spacial score (nSPS) is 9.86. The molecule has 1 rings (SSSR count). The first-order chi connectivity index (χ1) is 6.74. The maximum Gasteiger partial charge on any atom is 0.251 e. The summed E-state index contributed by atoms with van der Waals surface area (Å²) in [4.78, 5) is 15.5. The third kappa shape index (κ3) is 3.46. The van der Waals surface area contributed by atoms with E-state index in [9.17, 15) is 4.79 Å². The van der Waals surface area contributed by atoms with Crippen molar-refractivity contribution in [2.75, 3.05) is 11.9 Å². The number of hydrogen-bond acceptors (Lipinski definition) is 2. The molecule has 1 aromatic heterocycles. The molecule has 0 aliphatic carbocycles. The van der Waals surface area contributed by atoms with Crippen molar-refractivity contribution in [3.63, 3.8) is 0 Å². The van der Waals surface area contributed by atoms with Crippen molar-refractivity contribution in [1.82, 2.24) is 10.3 Å². The van der Waals surface area contributed by atoms with Crippen molar-refractivity contribution in [2.45, 2.75) is 13.3 Å². The lowest BCUT2D eigenvalue weighted by molar-refractivity contribution is 0.0953. The Balaban J connectivity index is 2.52. The molecule has 0 aromatic carbocycles. The van der Waals surface area contributed by atoms with Crippen LogP contribution in [0.2, 0.25) is 0 Å². The average molecular weight is 257 g/mol. The van der Waals surface area contributed by atoms with E-state index in [0.29, 0.717) is 12.1 Å². The molecule has 0 aliphatic rings. The van der Waals surface area contributed by atoms with Gasteiger partial charge in [-0.1, -0.05) is 15.9 Å². The first-order valence-electron chi connectivity index (χ1n) is 4.51. The second-order valence-corrected chi connectivity index (χ2v) is 3.78. The molecule has 4 heteroatoms. The zero-order valence-electron chi connectivity index (χ0n) is 8.09. The molecule has 3 nitrogen and oxygen atoms in total. The molecule has 0 saturated carbocycles. The largest absolute Gasteiger partial charge is 0.352 e. The van der Waals surface area contributed by atoms with Gasteiger partial charge in [0, 0.05) is 29.3 Å². The van der Waals surface area contributed by atoms with Gasteiger partial charge in [-0.25, -0.2) is 0 Å². The Morgan fingerprint density at radius 3 is 3.07 bits per heavy atom. The van der Waals surface area contributed by atoms with Gasteiger partial charge in [0.2, 0.25) is 0 Å². The molecule has 0 bridgehead atoms. The standard InChI is InChI=1S/C10H13BrN2O/c1-8-7-9(3-6-12-8)10(14)13-5-2-4-11/h3,6-7H,2,4-5H2,1H3,(H,13,14). The van der Waals surface area contributed by atoms with Crippen LogP contribution in [0.25, 0.3) is 0 Å². The van der Waals surface area contributed by atoms with E-state index in [4.69, 9.17) is 0 Å². The third-order valence-electron chi connectivity index (χ3n) is 1.75. The molecule has 1 amide bonds. The molecule has 14 heavy (non-hydrogen) atoms. The highest BCUT2D eigenvalue weighted by Gasteiger charge is 2.03. The molecule has 0 saturated heterocycles. The van der Waals surface area contributed by atoms with Crippen LogP contribution in [-0.4, -0.2) is 22.8 Å². The number of aryl methyl sites for hydroxylation is 1. The lowest BCUT2D eigenvalue weighted by atomic mass is 10.2. The van der Waals surface area contributed by atoms with Crippen molar-refractivity contribution in [3.8, 4) is 0 Å². The fourth-order valence-corrected chi connectivity index (χ4v) is 1.34. The molecule has 0 fully saturated rings. The Kier molecular flexibility index (Phi) is 4.59. The second kappa shape index (κ2) is 5.75. The van der Waals surface area contributed by atoms with E-state index < -0.39 is 0 Å². The smallest absolute Gasteiger partial charge is 0.251 e. The number of carbonyl (C=O) groups is 1. The Labute approximate surface area is 92.1 Å². The number of pyridine rings is 1. The number of amides is 1. The number of aromatic nitrogens is 1. The van der Waals surface area contributed by atoms with E-state index in [1.54, 1.807) is 18.3 Å². The minimum Gasteiger partial charge on any atom is -0.352 e. The topological polar surface area (TPSA) is 42.0 Å². The molecule has 0 radical (unpaired) electrons. The second-order valence-electron chi connectivity index (χ2n) is 2.98. The predicted octanol–water partition coefficient (Wildman–Crippen LogP) is 1.90. The fourth-order valence-electron chi connectivity index (χ4n) is 1.06. The van der Waals surface area contributed by atoms with Crippen LogP contribution in [0.15, 0.2) is 18.3 Å². The van der Waals surface area contributed by atoms with Gasteiger partial charge in [0.25, 0.3) is 5.91 Å². The fraction of sp³-hybridized carbons (Fsp3) is 0.400.